The van der Waals surface area contributed by atoms with E-state index >= 15 is 0 Å². The maximum absolute atomic E-state index is 12.8. The fourth-order valence-corrected chi connectivity index (χ4v) is 3.45. The Kier molecular flexibility index (Phi) is 5.42. The smallest absolute Gasteiger partial charge is 0.335 e. The lowest BCUT2D eigenvalue weighted by molar-refractivity contribution is -0.122. The zero-order valence-electron chi connectivity index (χ0n) is 13.5. The molecule has 132 valence electrons. The number of benzene rings is 2. The van der Waals surface area contributed by atoms with Crippen molar-refractivity contribution in [2.24, 2.45) is 0 Å². The number of halogens is 2. The summed E-state index contributed by atoms with van der Waals surface area (Å²) in [7, 11) is 1.56. The van der Waals surface area contributed by atoms with Crippen LogP contribution in [0.5, 0.6) is 5.75 Å². The predicted molar refractivity (Wildman–Crippen MR) is 109 cm³/mol. The second kappa shape index (κ2) is 7.58. The standard InChI is InChI=1S/C18H12BrIN2O4/c1-26-15-7-2-10(9-14(15)20)8-13-16(23)21-18(25)22(17(13)24)12-5-3-11(19)4-6-12/h2-9H,1H3,(H,21,23,25)/b13-8+. The van der Waals surface area contributed by atoms with Crippen LogP contribution in [0.25, 0.3) is 6.08 Å². The topological polar surface area (TPSA) is 75.7 Å². The molecule has 3 rings (SSSR count). The molecule has 0 aliphatic carbocycles. The van der Waals surface area contributed by atoms with Crippen molar-refractivity contribution in [1.29, 1.82) is 0 Å². The highest BCUT2D eigenvalue weighted by Crippen LogP contribution is 2.26. The van der Waals surface area contributed by atoms with Crippen molar-refractivity contribution in [1.82, 2.24) is 5.32 Å². The Hall–Kier alpha value is -2.20. The van der Waals surface area contributed by atoms with Crippen molar-refractivity contribution >= 4 is 68.1 Å². The van der Waals surface area contributed by atoms with Crippen molar-refractivity contribution in [2.75, 3.05) is 12.0 Å². The van der Waals surface area contributed by atoms with Gasteiger partial charge in [-0.1, -0.05) is 22.0 Å². The summed E-state index contributed by atoms with van der Waals surface area (Å²) in [6.07, 6.45) is 1.46. The molecule has 1 saturated heterocycles. The number of carbonyl (C=O) groups excluding carboxylic acids is 3. The van der Waals surface area contributed by atoms with E-state index in [1.807, 2.05) is 0 Å². The van der Waals surface area contributed by atoms with Gasteiger partial charge >= 0.3 is 6.03 Å². The highest BCUT2D eigenvalue weighted by molar-refractivity contribution is 14.1. The van der Waals surface area contributed by atoms with Gasteiger partial charge in [0.25, 0.3) is 11.8 Å². The Balaban J connectivity index is 1.99. The monoisotopic (exact) mass is 526 g/mol. The van der Waals surface area contributed by atoms with E-state index in [4.69, 9.17) is 4.74 Å². The van der Waals surface area contributed by atoms with E-state index in [0.717, 1.165) is 12.9 Å². The van der Waals surface area contributed by atoms with E-state index in [-0.39, 0.29) is 5.57 Å². The fraction of sp³-hybridized carbons (Fsp3) is 0.0556. The summed E-state index contributed by atoms with van der Waals surface area (Å²) < 4.78 is 6.85. The third-order valence-corrected chi connectivity index (χ3v) is 5.05. The molecule has 1 fully saturated rings. The first kappa shape index (κ1) is 18.6. The van der Waals surface area contributed by atoms with Crippen molar-refractivity contribution in [3.05, 3.63) is 61.6 Å². The van der Waals surface area contributed by atoms with Gasteiger partial charge in [-0.25, -0.2) is 9.69 Å². The minimum atomic E-state index is -0.774. The number of nitrogens with zero attached hydrogens (tertiary/aromatic N) is 1. The molecule has 1 aliphatic heterocycles. The molecule has 0 unspecified atom stereocenters. The van der Waals surface area contributed by atoms with E-state index in [2.05, 4.69) is 43.8 Å². The second-order valence-corrected chi connectivity index (χ2v) is 7.41. The number of methoxy groups -OCH3 is 1. The van der Waals surface area contributed by atoms with Gasteiger partial charge in [-0.2, -0.15) is 0 Å². The maximum Gasteiger partial charge on any atom is 0.335 e. The molecule has 0 spiro atoms. The molecule has 0 atom stereocenters. The van der Waals surface area contributed by atoms with Gasteiger partial charge in [-0.15, -0.1) is 0 Å². The molecule has 0 bridgehead atoms. The van der Waals surface area contributed by atoms with Gasteiger partial charge < -0.3 is 4.74 Å². The fourth-order valence-electron chi connectivity index (χ4n) is 2.42. The van der Waals surface area contributed by atoms with Gasteiger partial charge in [0.1, 0.15) is 11.3 Å². The van der Waals surface area contributed by atoms with E-state index in [1.54, 1.807) is 49.6 Å². The molecule has 2 aromatic carbocycles. The minimum Gasteiger partial charge on any atom is -0.496 e. The minimum absolute atomic E-state index is 0.117. The van der Waals surface area contributed by atoms with Crippen LogP contribution in [0.3, 0.4) is 0 Å². The van der Waals surface area contributed by atoms with Gasteiger partial charge in [-0.05, 0) is 70.6 Å². The van der Waals surface area contributed by atoms with E-state index in [0.29, 0.717) is 17.0 Å². The SMILES string of the molecule is COc1ccc(/C=C2\C(=O)NC(=O)N(c3ccc(Br)cc3)C2=O)cc1I. The maximum atomic E-state index is 12.8. The van der Waals surface area contributed by atoms with Crippen LogP contribution in [-0.4, -0.2) is 25.0 Å². The second-order valence-electron chi connectivity index (χ2n) is 5.33. The molecule has 1 N–H and O–H groups in total. The number of barbiturate groups is 1. The van der Waals surface area contributed by atoms with Crippen LogP contribution < -0.4 is 15.0 Å². The van der Waals surface area contributed by atoms with Crippen LogP contribution in [0.1, 0.15) is 5.56 Å². The predicted octanol–water partition coefficient (Wildman–Crippen LogP) is 3.73. The quantitative estimate of drug-likeness (QED) is 0.375. The lowest BCUT2D eigenvalue weighted by Crippen LogP contribution is -2.54. The Labute approximate surface area is 171 Å². The number of nitrogens with one attached hydrogen (secondary N) is 1. The molecular weight excluding hydrogens is 515 g/mol. The van der Waals surface area contributed by atoms with Crippen LogP contribution >= 0.6 is 38.5 Å². The first-order valence-corrected chi connectivity index (χ1v) is 9.28. The Morgan fingerprint density at radius 1 is 1.12 bits per heavy atom. The first-order chi connectivity index (χ1) is 12.4. The molecule has 1 heterocycles. The summed E-state index contributed by atoms with van der Waals surface area (Å²) in [4.78, 5) is 38.0. The summed E-state index contributed by atoms with van der Waals surface area (Å²) >= 11 is 5.41. The average molecular weight is 527 g/mol. The Morgan fingerprint density at radius 3 is 2.42 bits per heavy atom. The van der Waals surface area contributed by atoms with E-state index in [9.17, 15) is 14.4 Å². The summed E-state index contributed by atoms with van der Waals surface area (Å²) in [6.45, 7) is 0. The molecular formula is C18H12BrIN2O4. The molecule has 4 amide bonds. The molecule has 0 saturated carbocycles. The summed E-state index contributed by atoms with van der Waals surface area (Å²) in [5, 5.41) is 2.20. The number of urea groups is 1. The number of rotatable bonds is 3. The lowest BCUT2D eigenvalue weighted by atomic mass is 10.1. The first-order valence-electron chi connectivity index (χ1n) is 7.41. The number of amides is 4. The average Bonchev–Trinajstić information content (AvgIpc) is 2.60. The number of hydrogen-bond acceptors (Lipinski definition) is 4. The van der Waals surface area contributed by atoms with Crippen LogP contribution in [0.15, 0.2) is 52.5 Å². The third-order valence-electron chi connectivity index (χ3n) is 3.67. The highest BCUT2D eigenvalue weighted by Gasteiger charge is 2.36. The normalized spacial score (nSPS) is 16.0. The van der Waals surface area contributed by atoms with E-state index < -0.39 is 17.8 Å². The molecule has 0 aromatic heterocycles. The molecule has 2 aromatic rings. The zero-order valence-corrected chi connectivity index (χ0v) is 17.2. The van der Waals surface area contributed by atoms with E-state index in [1.165, 1.54) is 6.08 Å². The van der Waals surface area contributed by atoms with Gasteiger partial charge in [-0.3, -0.25) is 14.9 Å². The molecule has 6 nitrogen and oxygen atoms in total. The van der Waals surface area contributed by atoms with Gasteiger partial charge in [0, 0.05) is 4.47 Å². The molecule has 1 aliphatic rings. The largest absolute Gasteiger partial charge is 0.496 e. The number of anilines is 1. The zero-order chi connectivity index (χ0) is 18.8. The number of ether oxygens (including phenoxy) is 1. The van der Waals surface area contributed by atoms with Crippen LogP contribution in [-0.2, 0) is 9.59 Å². The summed E-state index contributed by atoms with van der Waals surface area (Å²) in [6, 6.07) is 11.1. The third kappa shape index (κ3) is 3.65. The summed E-state index contributed by atoms with van der Waals surface area (Å²) in [5.74, 6) is -0.704. The van der Waals surface area contributed by atoms with Crippen molar-refractivity contribution in [3.8, 4) is 5.75 Å². The Morgan fingerprint density at radius 2 is 1.81 bits per heavy atom. The summed E-state index contributed by atoms with van der Waals surface area (Å²) in [5.41, 5.74) is 0.908. The lowest BCUT2D eigenvalue weighted by Gasteiger charge is -2.26. The number of hydrogen-bond donors (Lipinski definition) is 1. The van der Waals surface area contributed by atoms with Crippen molar-refractivity contribution < 1.29 is 19.1 Å². The molecule has 26 heavy (non-hydrogen) atoms. The molecule has 0 radical (unpaired) electrons. The van der Waals surface area contributed by atoms with Gasteiger partial charge in [0.15, 0.2) is 0 Å². The van der Waals surface area contributed by atoms with Crippen molar-refractivity contribution in [3.63, 3.8) is 0 Å². The van der Waals surface area contributed by atoms with Gasteiger partial charge in [0.2, 0.25) is 0 Å². The highest BCUT2D eigenvalue weighted by atomic mass is 127. The van der Waals surface area contributed by atoms with Gasteiger partial charge in [0.05, 0.1) is 16.4 Å². The Bertz CT molecular complexity index is 941. The number of imide groups is 2. The number of carbonyl (C=O) groups is 3. The molecule has 8 heteroatoms. The van der Waals surface area contributed by atoms with Crippen molar-refractivity contribution in [2.45, 2.75) is 0 Å². The van der Waals surface area contributed by atoms with Crippen LogP contribution in [0.4, 0.5) is 10.5 Å². The van der Waals surface area contributed by atoms with Crippen LogP contribution in [0.2, 0.25) is 0 Å². The van der Waals surface area contributed by atoms with Crippen LogP contribution in [0, 0.1) is 3.57 Å².